The number of halogens is 1. The Kier molecular flexibility index (Phi) is 3.53. The van der Waals surface area contributed by atoms with Crippen LogP contribution < -0.4 is 5.73 Å². The van der Waals surface area contributed by atoms with E-state index in [9.17, 15) is 4.39 Å². The molecule has 1 aliphatic rings. The van der Waals surface area contributed by atoms with Gasteiger partial charge in [-0.25, -0.2) is 4.39 Å². The first-order chi connectivity index (χ1) is 7.99. The van der Waals surface area contributed by atoms with Crippen molar-refractivity contribution in [3.05, 3.63) is 35.6 Å². The standard InChI is InChI=1S/C15H22FN/c1-15(2)9-7-11(8-10-15)14(17)12-5-3-4-6-13(12)16/h3-6,11,14H,7-10,17H2,1-2H3. The van der Waals surface area contributed by atoms with Gasteiger partial charge in [0.1, 0.15) is 5.82 Å². The van der Waals surface area contributed by atoms with E-state index < -0.39 is 0 Å². The molecule has 0 saturated heterocycles. The molecule has 2 heteroatoms. The fourth-order valence-electron chi connectivity index (χ4n) is 2.78. The second kappa shape index (κ2) is 4.77. The number of benzene rings is 1. The minimum Gasteiger partial charge on any atom is -0.324 e. The third-order valence-corrected chi connectivity index (χ3v) is 4.16. The highest BCUT2D eigenvalue weighted by molar-refractivity contribution is 5.21. The van der Waals surface area contributed by atoms with E-state index in [1.807, 2.05) is 12.1 Å². The van der Waals surface area contributed by atoms with Gasteiger partial charge >= 0.3 is 0 Å². The molecule has 0 aliphatic heterocycles. The molecule has 0 aromatic heterocycles. The van der Waals surface area contributed by atoms with E-state index in [0.717, 1.165) is 12.8 Å². The molecule has 0 radical (unpaired) electrons. The zero-order valence-corrected chi connectivity index (χ0v) is 10.7. The lowest BCUT2D eigenvalue weighted by Crippen LogP contribution is -2.29. The summed E-state index contributed by atoms with van der Waals surface area (Å²) in [4.78, 5) is 0. The Morgan fingerprint density at radius 3 is 2.41 bits per heavy atom. The zero-order chi connectivity index (χ0) is 12.5. The van der Waals surface area contributed by atoms with Gasteiger partial charge in [0.25, 0.3) is 0 Å². The van der Waals surface area contributed by atoms with Crippen LogP contribution in [0.4, 0.5) is 4.39 Å². The van der Waals surface area contributed by atoms with Crippen LogP contribution in [0.1, 0.15) is 51.1 Å². The van der Waals surface area contributed by atoms with Gasteiger partial charge in [-0.3, -0.25) is 0 Å². The molecule has 0 spiro atoms. The minimum absolute atomic E-state index is 0.146. The van der Waals surface area contributed by atoms with E-state index in [4.69, 9.17) is 5.73 Å². The molecule has 1 aromatic carbocycles. The van der Waals surface area contributed by atoms with Crippen LogP contribution >= 0.6 is 0 Å². The van der Waals surface area contributed by atoms with Crippen molar-refractivity contribution in [1.29, 1.82) is 0 Å². The number of hydrogen-bond donors (Lipinski definition) is 1. The second-order valence-corrected chi connectivity index (χ2v) is 6.05. The van der Waals surface area contributed by atoms with Gasteiger partial charge in [0.05, 0.1) is 0 Å². The van der Waals surface area contributed by atoms with Crippen molar-refractivity contribution in [3.8, 4) is 0 Å². The molecule has 2 N–H and O–H groups in total. The first kappa shape index (κ1) is 12.6. The van der Waals surface area contributed by atoms with Crippen LogP contribution in [0.2, 0.25) is 0 Å². The highest BCUT2D eigenvalue weighted by atomic mass is 19.1. The Morgan fingerprint density at radius 2 is 1.82 bits per heavy atom. The third-order valence-electron chi connectivity index (χ3n) is 4.16. The minimum atomic E-state index is -0.162. The van der Waals surface area contributed by atoms with E-state index in [-0.39, 0.29) is 11.9 Å². The summed E-state index contributed by atoms with van der Waals surface area (Å²) in [5.41, 5.74) is 7.33. The SMILES string of the molecule is CC1(C)CCC(C(N)c2ccccc2F)CC1. The quantitative estimate of drug-likeness (QED) is 0.822. The maximum Gasteiger partial charge on any atom is 0.127 e. The Hall–Kier alpha value is -0.890. The first-order valence-electron chi connectivity index (χ1n) is 6.50. The highest BCUT2D eigenvalue weighted by Gasteiger charge is 2.31. The summed E-state index contributed by atoms with van der Waals surface area (Å²) in [7, 11) is 0. The fraction of sp³-hybridized carbons (Fsp3) is 0.600. The van der Waals surface area contributed by atoms with Crippen molar-refractivity contribution in [2.75, 3.05) is 0 Å². The molecule has 1 aliphatic carbocycles. The lowest BCUT2D eigenvalue weighted by molar-refractivity contribution is 0.172. The molecule has 1 saturated carbocycles. The van der Waals surface area contributed by atoms with Crippen molar-refractivity contribution < 1.29 is 4.39 Å². The van der Waals surface area contributed by atoms with Gasteiger partial charge in [0.15, 0.2) is 0 Å². The van der Waals surface area contributed by atoms with Gasteiger partial charge in [0, 0.05) is 11.6 Å². The van der Waals surface area contributed by atoms with E-state index >= 15 is 0 Å². The molecule has 0 bridgehead atoms. The van der Waals surface area contributed by atoms with Gasteiger partial charge in [-0.15, -0.1) is 0 Å². The Morgan fingerprint density at radius 1 is 1.24 bits per heavy atom. The molecule has 1 nitrogen and oxygen atoms in total. The van der Waals surface area contributed by atoms with Crippen LogP contribution in [0.15, 0.2) is 24.3 Å². The van der Waals surface area contributed by atoms with Crippen molar-refractivity contribution in [2.45, 2.75) is 45.6 Å². The molecule has 94 valence electrons. The van der Waals surface area contributed by atoms with Gasteiger partial charge in [0.2, 0.25) is 0 Å². The third kappa shape index (κ3) is 2.86. The number of hydrogen-bond acceptors (Lipinski definition) is 1. The lowest BCUT2D eigenvalue weighted by Gasteiger charge is -2.37. The smallest absolute Gasteiger partial charge is 0.127 e. The summed E-state index contributed by atoms with van der Waals surface area (Å²) in [6, 6.07) is 6.76. The van der Waals surface area contributed by atoms with Gasteiger partial charge in [-0.1, -0.05) is 32.0 Å². The fourth-order valence-corrected chi connectivity index (χ4v) is 2.78. The maximum absolute atomic E-state index is 13.7. The molecule has 1 fully saturated rings. The van der Waals surface area contributed by atoms with Crippen LogP contribution in [0.5, 0.6) is 0 Å². The van der Waals surface area contributed by atoms with E-state index in [2.05, 4.69) is 13.8 Å². The van der Waals surface area contributed by atoms with Gasteiger partial charge in [-0.05, 0) is 43.1 Å². The molecule has 0 amide bonds. The van der Waals surface area contributed by atoms with Gasteiger partial charge in [-0.2, -0.15) is 0 Å². The maximum atomic E-state index is 13.7. The lowest BCUT2D eigenvalue weighted by atomic mass is 9.70. The largest absolute Gasteiger partial charge is 0.324 e. The van der Waals surface area contributed by atoms with Crippen LogP contribution in [0, 0.1) is 17.2 Å². The summed E-state index contributed by atoms with van der Waals surface area (Å²) >= 11 is 0. The van der Waals surface area contributed by atoms with E-state index in [1.54, 1.807) is 6.07 Å². The molecule has 1 unspecified atom stereocenters. The average molecular weight is 235 g/mol. The van der Waals surface area contributed by atoms with E-state index in [0.29, 0.717) is 16.9 Å². The molecular weight excluding hydrogens is 213 g/mol. The van der Waals surface area contributed by atoms with Crippen LogP contribution in [-0.4, -0.2) is 0 Å². The van der Waals surface area contributed by atoms with Crippen molar-refractivity contribution >= 4 is 0 Å². The first-order valence-corrected chi connectivity index (χ1v) is 6.50. The van der Waals surface area contributed by atoms with Crippen LogP contribution in [-0.2, 0) is 0 Å². The Balaban J connectivity index is 2.07. The van der Waals surface area contributed by atoms with Crippen molar-refractivity contribution in [3.63, 3.8) is 0 Å². The highest BCUT2D eigenvalue weighted by Crippen LogP contribution is 2.42. The monoisotopic (exact) mass is 235 g/mol. The predicted octanol–water partition coefficient (Wildman–Crippen LogP) is 4.04. The number of nitrogens with two attached hydrogens (primary N) is 1. The predicted molar refractivity (Wildman–Crippen MR) is 69.1 cm³/mol. The zero-order valence-electron chi connectivity index (χ0n) is 10.7. The Bertz CT molecular complexity index is 376. The molecular formula is C15H22FN. The summed E-state index contributed by atoms with van der Waals surface area (Å²) in [6.07, 6.45) is 4.62. The van der Waals surface area contributed by atoms with Crippen LogP contribution in [0.3, 0.4) is 0 Å². The molecule has 1 atom stereocenters. The van der Waals surface area contributed by atoms with Gasteiger partial charge < -0.3 is 5.73 Å². The molecule has 17 heavy (non-hydrogen) atoms. The number of rotatable bonds is 2. The molecule has 2 rings (SSSR count). The Labute approximate surface area is 103 Å². The second-order valence-electron chi connectivity index (χ2n) is 6.05. The molecule has 1 aromatic rings. The van der Waals surface area contributed by atoms with Crippen LogP contribution in [0.25, 0.3) is 0 Å². The summed E-state index contributed by atoms with van der Waals surface area (Å²) in [5, 5.41) is 0. The van der Waals surface area contributed by atoms with E-state index in [1.165, 1.54) is 18.9 Å². The summed E-state index contributed by atoms with van der Waals surface area (Å²) in [5.74, 6) is 0.268. The summed E-state index contributed by atoms with van der Waals surface area (Å²) < 4.78 is 13.7. The van der Waals surface area contributed by atoms with Crippen molar-refractivity contribution in [1.82, 2.24) is 0 Å². The van der Waals surface area contributed by atoms with Crippen molar-refractivity contribution in [2.24, 2.45) is 17.1 Å². The normalized spacial score (nSPS) is 22.4. The molecule has 0 heterocycles. The topological polar surface area (TPSA) is 26.0 Å². The average Bonchev–Trinajstić information content (AvgIpc) is 2.29. The summed E-state index contributed by atoms with van der Waals surface area (Å²) in [6.45, 7) is 4.61.